The maximum absolute atomic E-state index is 13.9. The highest BCUT2D eigenvalue weighted by Crippen LogP contribution is 2.36. The van der Waals surface area contributed by atoms with E-state index in [4.69, 9.17) is 16.3 Å². The standard InChI is InChI=1S/C20H16ClFN4OS/c21-19-14(2-1-3-16(19)22)15-11-24-26-5-4-13(10-17(15)26)18-12-23-20(28-18)25-6-8-27-9-7-25/h1-5,10-12H,6-9H2. The number of aromatic nitrogens is 3. The van der Waals surface area contributed by atoms with E-state index in [1.807, 2.05) is 24.5 Å². The molecule has 1 aliphatic rings. The van der Waals surface area contributed by atoms with Crippen molar-refractivity contribution in [2.24, 2.45) is 0 Å². The molecule has 8 heteroatoms. The van der Waals surface area contributed by atoms with Crippen molar-refractivity contribution in [1.29, 1.82) is 0 Å². The molecule has 0 spiro atoms. The first-order chi connectivity index (χ1) is 13.7. The molecular weight excluding hydrogens is 399 g/mol. The molecule has 5 nitrogen and oxygen atoms in total. The second-order valence-corrected chi connectivity index (χ2v) is 7.90. The number of pyridine rings is 1. The number of morpholine rings is 1. The lowest BCUT2D eigenvalue weighted by Crippen LogP contribution is -2.36. The molecule has 0 aliphatic carbocycles. The van der Waals surface area contributed by atoms with Gasteiger partial charge < -0.3 is 9.64 Å². The monoisotopic (exact) mass is 414 g/mol. The first-order valence-corrected chi connectivity index (χ1v) is 10.1. The van der Waals surface area contributed by atoms with Crippen LogP contribution in [0.25, 0.3) is 27.1 Å². The van der Waals surface area contributed by atoms with Crippen LogP contribution >= 0.6 is 22.9 Å². The van der Waals surface area contributed by atoms with Gasteiger partial charge in [0.25, 0.3) is 0 Å². The van der Waals surface area contributed by atoms with Gasteiger partial charge in [0.2, 0.25) is 0 Å². The van der Waals surface area contributed by atoms with Crippen molar-refractivity contribution >= 4 is 33.6 Å². The number of anilines is 1. The molecular formula is C20H16ClFN4OS. The summed E-state index contributed by atoms with van der Waals surface area (Å²) in [5, 5.41) is 5.49. The van der Waals surface area contributed by atoms with Gasteiger partial charge in [-0.1, -0.05) is 35.1 Å². The highest BCUT2D eigenvalue weighted by atomic mass is 35.5. The van der Waals surface area contributed by atoms with Crippen LogP contribution in [-0.2, 0) is 4.74 Å². The van der Waals surface area contributed by atoms with E-state index in [0.717, 1.165) is 53.0 Å². The Morgan fingerprint density at radius 1 is 1.11 bits per heavy atom. The van der Waals surface area contributed by atoms with E-state index in [2.05, 4.69) is 15.0 Å². The van der Waals surface area contributed by atoms with Crippen LogP contribution in [0.5, 0.6) is 0 Å². The third-order valence-electron chi connectivity index (χ3n) is 4.82. The lowest BCUT2D eigenvalue weighted by Gasteiger charge is -2.25. The highest BCUT2D eigenvalue weighted by molar-refractivity contribution is 7.18. The van der Waals surface area contributed by atoms with Crippen LogP contribution in [-0.4, -0.2) is 40.9 Å². The number of thiazole rings is 1. The Hall–Kier alpha value is -2.48. The Labute approximate surface area is 170 Å². The van der Waals surface area contributed by atoms with Crippen LogP contribution < -0.4 is 4.90 Å². The predicted octanol–water partition coefficient (Wildman–Crippen LogP) is 4.75. The Bertz CT molecular complexity index is 1150. The Kier molecular flexibility index (Phi) is 4.50. The lowest BCUT2D eigenvalue weighted by atomic mass is 10.1. The van der Waals surface area contributed by atoms with Crippen molar-refractivity contribution < 1.29 is 9.13 Å². The SMILES string of the molecule is Fc1cccc(-c2cnn3ccc(-c4cnc(N5CCOCC5)s4)cc23)c1Cl. The number of fused-ring (bicyclic) bond motifs is 1. The number of halogens is 2. The number of ether oxygens (including phenoxy) is 1. The minimum atomic E-state index is -0.438. The molecule has 4 heterocycles. The third kappa shape index (κ3) is 3.05. The summed E-state index contributed by atoms with van der Waals surface area (Å²) in [7, 11) is 0. The molecule has 0 bridgehead atoms. The Morgan fingerprint density at radius 3 is 2.82 bits per heavy atom. The first kappa shape index (κ1) is 17.6. The molecule has 3 aromatic heterocycles. The van der Waals surface area contributed by atoms with Crippen molar-refractivity contribution in [3.8, 4) is 21.6 Å². The van der Waals surface area contributed by atoms with Gasteiger partial charge in [0.1, 0.15) is 5.82 Å². The van der Waals surface area contributed by atoms with Crippen molar-refractivity contribution in [2.45, 2.75) is 0 Å². The predicted molar refractivity (Wildman–Crippen MR) is 110 cm³/mol. The molecule has 142 valence electrons. The summed E-state index contributed by atoms with van der Waals surface area (Å²) in [6.45, 7) is 3.18. The van der Waals surface area contributed by atoms with Gasteiger partial charge in [-0.25, -0.2) is 13.9 Å². The summed E-state index contributed by atoms with van der Waals surface area (Å²) in [6, 6.07) is 8.86. The van der Waals surface area contributed by atoms with Crippen LogP contribution in [0.3, 0.4) is 0 Å². The van der Waals surface area contributed by atoms with Gasteiger partial charge >= 0.3 is 0 Å². The van der Waals surface area contributed by atoms with E-state index in [-0.39, 0.29) is 5.02 Å². The fraction of sp³-hybridized carbons (Fsp3) is 0.200. The molecule has 0 saturated carbocycles. The van der Waals surface area contributed by atoms with E-state index >= 15 is 0 Å². The van der Waals surface area contributed by atoms with Gasteiger partial charge in [0.05, 0.1) is 34.8 Å². The maximum atomic E-state index is 13.9. The average Bonchev–Trinajstić information content (AvgIpc) is 3.38. The van der Waals surface area contributed by atoms with Crippen LogP contribution in [0.1, 0.15) is 0 Å². The van der Waals surface area contributed by atoms with Gasteiger partial charge in [-0.3, -0.25) is 0 Å². The summed E-state index contributed by atoms with van der Waals surface area (Å²) in [5.41, 5.74) is 3.33. The molecule has 28 heavy (non-hydrogen) atoms. The Balaban J connectivity index is 1.55. The number of nitrogens with zero attached hydrogens (tertiary/aromatic N) is 4. The van der Waals surface area contributed by atoms with Crippen LogP contribution in [0.2, 0.25) is 5.02 Å². The molecule has 1 aromatic carbocycles. The normalized spacial score (nSPS) is 14.7. The van der Waals surface area contributed by atoms with Crippen molar-refractivity contribution in [3.05, 3.63) is 59.8 Å². The molecule has 0 unspecified atom stereocenters. The third-order valence-corrected chi connectivity index (χ3v) is 6.31. The summed E-state index contributed by atoms with van der Waals surface area (Å²) < 4.78 is 21.1. The van der Waals surface area contributed by atoms with Crippen LogP contribution in [0, 0.1) is 5.82 Å². The zero-order valence-corrected chi connectivity index (χ0v) is 16.4. The van der Waals surface area contributed by atoms with Gasteiger partial charge in [-0.15, -0.1) is 0 Å². The van der Waals surface area contributed by atoms with Gasteiger partial charge in [0.15, 0.2) is 5.13 Å². The summed E-state index contributed by atoms with van der Waals surface area (Å²) in [4.78, 5) is 7.90. The molecule has 1 saturated heterocycles. The van der Waals surface area contributed by atoms with E-state index in [1.165, 1.54) is 6.07 Å². The number of benzene rings is 1. The molecule has 4 aromatic rings. The lowest BCUT2D eigenvalue weighted by molar-refractivity contribution is 0.122. The quantitative estimate of drug-likeness (QED) is 0.485. The van der Waals surface area contributed by atoms with Crippen molar-refractivity contribution in [2.75, 3.05) is 31.2 Å². The largest absolute Gasteiger partial charge is 0.378 e. The van der Waals surface area contributed by atoms with Gasteiger partial charge in [-0.2, -0.15) is 5.10 Å². The zero-order chi connectivity index (χ0) is 19.1. The number of hydrogen-bond donors (Lipinski definition) is 0. The van der Waals surface area contributed by atoms with Gasteiger partial charge in [-0.05, 0) is 23.8 Å². The molecule has 0 atom stereocenters. The fourth-order valence-electron chi connectivity index (χ4n) is 3.35. The van der Waals surface area contributed by atoms with E-state index in [9.17, 15) is 4.39 Å². The molecule has 5 rings (SSSR count). The first-order valence-electron chi connectivity index (χ1n) is 8.91. The molecule has 0 radical (unpaired) electrons. The second kappa shape index (κ2) is 7.16. The number of hydrogen-bond acceptors (Lipinski definition) is 5. The maximum Gasteiger partial charge on any atom is 0.186 e. The fourth-order valence-corrected chi connectivity index (χ4v) is 4.54. The second-order valence-electron chi connectivity index (χ2n) is 6.51. The Morgan fingerprint density at radius 2 is 1.96 bits per heavy atom. The highest BCUT2D eigenvalue weighted by Gasteiger charge is 2.17. The molecule has 0 N–H and O–H groups in total. The van der Waals surface area contributed by atoms with Crippen molar-refractivity contribution in [1.82, 2.24) is 14.6 Å². The topological polar surface area (TPSA) is 42.7 Å². The van der Waals surface area contributed by atoms with E-state index in [1.54, 1.807) is 34.2 Å². The minimum absolute atomic E-state index is 0.107. The van der Waals surface area contributed by atoms with E-state index in [0.29, 0.717) is 5.56 Å². The minimum Gasteiger partial charge on any atom is -0.378 e. The summed E-state index contributed by atoms with van der Waals surface area (Å²) >= 11 is 7.85. The van der Waals surface area contributed by atoms with Crippen LogP contribution in [0.4, 0.5) is 9.52 Å². The number of rotatable bonds is 3. The summed E-state index contributed by atoms with van der Waals surface area (Å²) in [6.07, 6.45) is 5.51. The molecule has 1 aliphatic heterocycles. The van der Waals surface area contributed by atoms with Gasteiger partial charge in [0, 0.05) is 36.6 Å². The van der Waals surface area contributed by atoms with Crippen LogP contribution in [0.15, 0.2) is 48.9 Å². The van der Waals surface area contributed by atoms with Crippen molar-refractivity contribution in [3.63, 3.8) is 0 Å². The zero-order valence-electron chi connectivity index (χ0n) is 14.8. The summed E-state index contributed by atoms with van der Waals surface area (Å²) in [5.74, 6) is -0.438. The average molecular weight is 415 g/mol. The smallest absolute Gasteiger partial charge is 0.186 e. The van der Waals surface area contributed by atoms with E-state index < -0.39 is 5.82 Å². The molecule has 0 amide bonds. The molecule has 1 fully saturated rings.